The summed E-state index contributed by atoms with van der Waals surface area (Å²) in [5.41, 5.74) is -0.538. The minimum Gasteiger partial charge on any atom is -0.508 e. The van der Waals surface area contributed by atoms with Crippen LogP contribution in [0.1, 0.15) is 5.56 Å². The molecule has 0 fully saturated rings. The van der Waals surface area contributed by atoms with E-state index in [0.717, 1.165) is 6.07 Å². The van der Waals surface area contributed by atoms with E-state index in [1.807, 2.05) is 0 Å². The second-order valence-electron chi connectivity index (χ2n) is 4.54. The molecule has 6 nitrogen and oxygen atoms in total. The lowest BCUT2D eigenvalue weighted by Crippen LogP contribution is -2.01. The molecule has 0 aliphatic carbocycles. The predicted molar refractivity (Wildman–Crippen MR) is 71.4 cm³/mol. The van der Waals surface area contributed by atoms with Crippen molar-refractivity contribution in [2.75, 3.05) is 0 Å². The number of fused-ring (bicyclic) bond motifs is 3. The van der Waals surface area contributed by atoms with Crippen LogP contribution in [0.4, 0.5) is 0 Å². The number of hydrogen-bond acceptors (Lipinski definition) is 6. The van der Waals surface area contributed by atoms with E-state index in [1.165, 1.54) is 12.1 Å². The van der Waals surface area contributed by atoms with E-state index in [9.17, 15) is 25.2 Å². The molecule has 0 amide bonds. The van der Waals surface area contributed by atoms with Crippen LogP contribution in [0.15, 0.2) is 27.4 Å². The number of rotatable bonds is 0. The van der Waals surface area contributed by atoms with Crippen LogP contribution in [-0.2, 0) is 0 Å². The Bertz CT molecular complexity index is 923. The number of aromatic hydroxyl groups is 4. The molecule has 4 N–H and O–H groups in total. The molecule has 0 saturated heterocycles. The zero-order valence-electron chi connectivity index (χ0n) is 10.3. The quantitative estimate of drug-likeness (QED) is 0.284. The Morgan fingerprint density at radius 2 is 1.65 bits per heavy atom. The topological polar surface area (TPSA) is 111 Å². The SMILES string of the molecule is Cc1cc(O)c(O)c2oc(=O)c3c(O)cc(O)cc3c12. The molecule has 102 valence electrons. The van der Waals surface area contributed by atoms with Crippen molar-refractivity contribution in [3.8, 4) is 23.0 Å². The first-order chi connectivity index (χ1) is 9.40. The van der Waals surface area contributed by atoms with Crippen molar-refractivity contribution in [3.63, 3.8) is 0 Å². The molecule has 2 aromatic carbocycles. The normalized spacial score (nSPS) is 11.2. The van der Waals surface area contributed by atoms with Crippen LogP contribution in [0.2, 0.25) is 0 Å². The van der Waals surface area contributed by atoms with Crippen molar-refractivity contribution in [2.45, 2.75) is 6.92 Å². The van der Waals surface area contributed by atoms with Crippen molar-refractivity contribution < 1.29 is 24.8 Å². The summed E-state index contributed by atoms with van der Waals surface area (Å²) in [4.78, 5) is 11.9. The lowest BCUT2D eigenvalue weighted by atomic mass is 10.0. The lowest BCUT2D eigenvalue weighted by Gasteiger charge is -2.09. The van der Waals surface area contributed by atoms with Gasteiger partial charge in [0.05, 0.1) is 0 Å². The van der Waals surface area contributed by atoms with Crippen LogP contribution in [0, 0.1) is 6.92 Å². The van der Waals surface area contributed by atoms with Crippen LogP contribution in [0.5, 0.6) is 23.0 Å². The van der Waals surface area contributed by atoms with Crippen molar-refractivity contribution in [2.24, 2.45) is 0 Å². The predicted octanol–water partition coefficient (Wildman–Crippen LogP) is 2.08. The molecule has 0 spiro atoms. The van der Waals surface area contributed by atoms with Gasteiger partial charge in [0.15, 0.2) is 11.3 Å². The maximum Gasteiger partial charge on any atom is 0.348 e. The zero-order chi connectivity index (χ0) is 14.6. The minimum atomic E-state index is -0.870. The number of phenolic OH excluding ortho intramolecular Hbond substituents is 4. The lowest BCUT2D eigenvalue weighted by molar-refractivity contribution is 0.397. The molecule has 0 saturated carbocycles. The smallest absolute Gasteiger partial charge is 0.348 e. The molecule has 0 bridgehead atoms. The molecular weight excluding hydrogens is 264 g/mol. The van der Waals surface area contributed by atoms with E-state index in [2.05, 4.69) is 0 Å². The van der Waals surface area contributed by atoms with Crippen LogP contribution in [0.25, 0.3) is 21.7 Å². The molecule has 0 aliphatic heterocycles. The highest BCUT2D eigenvalue weighted by Crippen LogP contribution is 2.40. The van der Waals surface area contributed by atoms with Gasteiger partial charge in [-0.05, 0) is 24.6 Å². The van der Waals surface area contributed by atoms with Gasteiger partial charge in [-0.25, -0.2) is 4.79 Å². The molecular formula is C14H10O6. The fraction of sp³-hybridized carbons (Fsp3) is 0.0714. The Morgan fingerprint density at radius 1 is 0.950 bits per heavy atom. The van der Waals surface area contributed by atoms with Gasteiger partial charge < -0.3 is 24.8 Å². The van der Waals surface area contributed by atoms with E-state index < -0.39 is 22.9 Å². The molecule has 0 aliphatic rings. The molecule has 0 radical (unpaired) electrons. The summed E-state index contributed by atoms with van der Waals surface area (Å²) in [6.07, 6.45) is 0. The first kappa shape index (κ1) is 12.2. The average Bonchev–Trinajstić information content (AvgIpc) is 2.34. The number of benzene rings is 2. The Hall–Kier alpha value is -2.89. The molecule has 1 heterocycles. The van der Waals surface area contributed by atoms with Gasteiger partial charge in [0, 0.05) is 16.8 Å². The third kappa shape index (κ3) is 1.48. The van der Waals surface area contributed by atoms with Crippen molar-refractivity contribution in [3.05, 3.63) is 34.2 Å². The van der Waals surface area contributed by atoms with Gasteiger partial charge in [0.2, 0.25) is 5.75 Å². The summed E-state index contributed by atoms with van der Waals surface area (Å²) in [6.45, 7) is 1.64. The second-order valence-corrected chi connectivity index (χ2v) is 4.54. The summed E-state index contributed by atoms with van der Waals surface area (Å²) in [5.74, 6) is -1.62. The standard InChI is InChI=1S/C14H10O6/c1-5-2-9(17)12(18)13-10(5)7-3-6(15)4-8(16)11(7)14(19)20-13/h2-4,15-18H,1H3. The van der Waals surface area contributed by atoms with Gasteiger partial charge in [0.1, 0.15) is 16.9 Å². The third-order valence-electron chi connectivity index (χ3n) is 3.20. The van der Waals surface area contributed by atoms with Gasteiger partial charge in [-0.2, -0.15) is 0 Å². The maximum absolute atomic E-state index is 11.9. The molecule has 3 rings (SSSR count). The molecule has 20 heavy (non-hydrogen) atoms. The third-order valence-corrected chi connectivity index (χ3v) is 3.20. The van der Waals surface area contributed by atoms with Crippen molar-refractivity contribution in [1.82, 2.24) is 0 Å². The summed E-state index contributed by atoms with van der Waals surface area (Å²) in [6, 6.07) is 3.62. The first-order valence-corrected chi connectivity index (χ1v) is 5.74. The zero-order valence-corrected chi connectivity index (χ0v) is 10.3. The maximum atomic E-state index is 11.9. The van der Waals surface area contributed by atoms with E-state index in [-0.39, 0.29) is 22.1 Å². The Morgan fingerprint density at radius 3 is 2.35 bits per heavy atom. The van der Waals surface area contributed by atoms with Crippen LogP contribution >= 0.6 is 0 Å². The highest BCUT2D eigenvalue weighted by atomic mass is 16.4. The van der Waals surface area contributed by atoms with E-state index in [1.54, 1.807) is 6.92 Å². The Balaban J connectivity index is 2.74. The van der Waals surface area contributed by atoms with Crippen LogP contribution < -0.4 is 5.63 Å². The van der Waals surface area contributed by atoms with E-state index >= 15 is 0 Å². The summed E-state index contributed by atoms with van der Waals surface area (Å²) in [5, 5.41) is 39.2. The van der Waals surface area contributed by atoms with Crippen LogP contribution in [0.3, 0.4) is 0 Å². The number of aryl methyl sites for hydroxylation is 1. The molecule has 6 heteroatoms. The average molecular weight is 274 g/mol. The fourth-order valence-electron chi connectivity index (χ4n) is 2.36. The highest BCUT2D eigenvalue weighted by Gasteiger charge is 2.18. The van der Waals surface area contributed by atoms with Gasteiger partial charge in [-0.1, -0.05) is 0 Å². The fourth-order valence-corrected chi connectivity index (χ4v) is 2.36. The minimum absolute atomic E-state index is 0.0940. The second kappa shape index (κ2) is 3.80. The van der Waals surface area contributed by atoms with Gasteiger partial charge in [-0.15, -0.1) is 0 Å². The number of phenols is 4. The molecule has 0 unspecified atom stereocenters. The summed E-state index contributed by atoms with van der Waals surface area (Å²) < 4.78 is 4.98. The van der Waals surface area contributed by atoms with E-state index in [4.69, 9.17) is 4.42 Å². The van der Waals surface area contributed by atoms with Crippen LogP contribution in [-0.4, -0.2) is 20.4 Å². The van der Waals surface area contributed by atoms with E-state index in [0.29, 0.717) is 10.9 Å². The van der Waals surface area contributed by atoms with Gasteiger partial charge in [-0.3, -0.25) is 0 Å². The van der Waals surface area contributed by atoms with Crippen molar-refractivity contribution >= 4 is 21.7 Å². The molecule has 3 aromatic rings. The van der Waals surface area contributed by atoms with Crippen molar-refractivity contribution in [1.29, 1.82) is 0 Å². The largest absolute Gasteiger partial charge is 0.508 e. The Kier molecular flexibility index (Phi) is 2.31. The summed E-state index contributed by atoms with van der Waals surface area (Å²) in [7, 11) is 0. The van der Waals surface area contributed by atoms with Gasteiger partial charge >= 0.3 is 5.63 Å². The Labute approximate surface area is 111 Å². The monoisotopic (exact) mass is 274 g/mol. The highest BCUT2D eigenvalue weighted by molar-refractivity contribution is 6.10. The number of hydrogen-bond donors (Lipinski definition) is 4. The summed E-state index contributed by atoms with van der Waals surface area (Å²) >= 11 is 0. The molecule has 1 aromatic heterocycles. The first-order valence-electron chi connectivity index (χ1n) is 5.74. The van der Waals surface area contributed by atoms with Gasteiger partial charge in [0.25, 0.3) is 0 Å². The molecule has 0 atom stereocenters.